The molecule has 0 atom stereocenters. The predicted molar refractivity (Wildman–Crippen MR) is 90.6 cm³/mol. The molecule has 128 valence electrons. The molecule has 3 aromatic rings. The highest BCUT2D eigenvalue weighted by molar-refractivity contribution is 7.85. The van der Waals surface area contributed by atoms with Gasteiger partial charge in [0.1, 0.15) is 5.82 Å². The average Bonchev–Trinajstić information content (AvgIpc) is 2.95. The summed E-state index contributed by atoms with van der Waals surface area (Å²) in [5.41, 5.74) is 0.342. The van der Waals surface area contributed by atoms with Gasteiger partial charge in [0.25, 0.3) is 21.6 Å². The third-order valence-corrected chi connectivity index (χ3v) is 4.27. The van der Waals surface area contributed by atoms with Gasteiger partial charge in [-0.15, -0.1) is 0 Å². The first kappa shape index (κ1) is 16.7. The Labute approximate surface area is 142 Å². The van der Waals surface area contributed by atoms with Crippen LogP contribution in [0.5, 0.6) is 0 Å². The summed E-state index contributed by atoms with van der Waals surface area (Å²) in [5.74, 6) is -0.187. The summed E-state index contributed by atoms with van der Waals surface area (Å²) in [6.07, 6.45) is 0. The number of aromatic amines is 1. The lowest BCUT2D eigenvalue weighted by atomic mass is 10.2. The van der Waals surface area contributed by atoms with E-state index in [0.29, 0.717) is 11.3 Å². The van der Waals surface area contributed by atoms with Crippen LogP contribution in [0.4, 0.5) is 5.82 Å². The molecule has 0 spiro atoms. The van der Waals surface area contributed by atoms with E-state index < -0.39 is 15.7 Å². The van der Waals surface area contributed by atoms with Crippen molar-refractivity contribution in [3.05, 3.63) is 76.6 Å². The zero-order valence-corrected chi connectivity index (χ0v) is 13.5. The smallest absolute Gasteiger partial charge is 0.294 e. The SMILES string of the molecule is O=C(Nc1cc(=O)n(-c2ccc(S(=O)(=O)O)cc2)[nH]1)c1ccccc1. The van der Waals surface area contributed by atoms with Crippen molar-refractivity contribution >= 4 is 21.8 Å². The Kier molecular flexibility index (Phi) is 4.26. The number of rotatable bonds is 4. The van der Waals surface area contributed by atoms with Gasteiger partial charge in [-0.25, -0.2) is 4.68 Å². The number of benzene rings is 2. The topological polar surface area (TPSA) is 121 Å². The van der Waals surface area contributed by atoms with Gasteiger partial charge in [0.05, 0.1) is 10.6 Å². The average molecular weight is 359 g/mol. The Hall–Kier alpha value is -3.17. The molecule has 0 aliphatic rings. The first-order chi connectivity index (χ1) is 11.8. The quantitative estimate of drug-likeness (QED) is 0.612. The molecular weight excluding hydrogens is 346 g/mol. The minimum atomic E-state index is -4.31. The molecule has 9 heteroatoms. The van der Waals surface area contributed by atoms with Gasteiger partial charge in [-0.05, 0) is 36.4 Å². The summed E-state index contributed by atoms with van der Waals surface area (Å²) in [6.45, 7) is 0. The summed E-state index contributed by atoms with van der Waals surface area (Å²) in [6, 6.07) is 14.7. The number of anilines is 1. The van der Waals surface area contributed by atoms with Gasteiger partial charge in [-0.3, -0.25) is 19.2 Å². The maximum Gasteiger partial charge on any atom is 0.294 e. The molecule has 25 heavy (non-hydrogen) atoms. The van der Waals surface area contributed by atoms with Gasteiger partial charge in [0.2, 0.25) is 0 Å². The lowest BCUT2D eigenvalue weighted by Crippen LogP contribution is -2.14. The monoisotopic (exact) mass is 359 g/mol. The Bertz CT molecular complexity index is 1070. The van der Waals surface area contributed by atoms with E-state index in [1.165, 1.54) is 30.3 Å². The Balaban J connectivity index is 1.86. The normalized spacial score (nSPS) is 11.2. The zero-order valence-electron chi connectivity index (χ0n) is 12.7. The standard InChI is InChI=1S/C16H13N3O5S/c20-15-10-14(17-16(21)11-4-2-1-3-5-11)18-19(15)12-6-8-13(9-7-12)25(22,23)24/h1-10,18H,(H,17,21)(H,22,23,24). The van der Waals surface area contributed by atoms with E-state index in [4.69, 9.17) is 4.55 Å². The molecule has 3 rings (SSSR count). The van der Waals surface area contributed by atoms with Gasteiger partial charge in [0.15, 0.2) is 0 Å². The molecule has 8 nitrogen and oxygen atoms in total. The van der Waals surface area contributed by atoms with Crippen LogP contribution >= 0.6 is 0 Å². The van der Waals surface area contributed by atoms with Gasteiger partial charge in [-0.2, -0.15) is 8.42 Å². The van der Waals surface area contributed by atoms with E-state index in [0.717, 1.165) is 4.68 Å². The van der Waals surface area contributed by atoms with Crippen LogP contribution in [-0.2, 0) is 10.1 Å². The van der Waals surface area contributed by atoms with E-state index >= 15 is 0 Å². The molecule has 0 saturated carbocycles. The number of carbonyl (C=O) groups is 1. The number of hydrogen-bond acceptors (Lipinski definition) is 4. The molecule has 0 bridgehead atoms. The molecule has 3 N–H and O–H groups in total. The second kappa shape index (κ2) is 6.38. The molecule has 1 amide bonds. The van der Waals surface area contributed by atoms with Crippen molar-refractivity contribution in [3.63, 3.8) is 0 Å². The molecular formula is C16H13N3O5S. The second-order valence-corrected chi connectivity index (χ2v) is 6.55. The molecule has 0 unspecified atom stereocenters. The van der Waals surface area contributed by atoms with Crippen LogP contribution < -0.4 is 10.9 Å². The van der Waals surface area contributed by atoms with Gasteiger partial charge in [0, 0.05) is 11.6 Å². The first-order valence-corrected chi connectivity index (χ1v) is 8.55. The summed E-state index contributed by atoms with van der Waals surface area (Å²) in [7, 11) is -4.31. The molecule has 0 aliphatic carbocycles. The molecule has 0 radical (unpaired) electrons. The summed E-state index contributed by atoms with van der Waals surface area (Å²) >= 11 is 0. The largest absolute Gasteiger partial charge is 0.307 e. The Morgan fingerprint density at radius 2 is 1.68 bits per heavy atom. The maximum absolute atomic E-state index is 12.1. The third kappa shape index (κ3) is 3.67. The fourth-order valence-electron chi connectivity index (χ4n) is 2.20. The highest BCUT2D eigenvalue weighted by atomic mass is 32.2. The van der Waals surface area contributed by atoms with Crippen LogP contribution in [0.25, 0.3) is 5.69 Å². The number of H-pyrrole nitrogens is 1. The molecule has 1 heterocycles. The number of carbonyl (C=O) groups excluding carboxylic acids is 1. The van der Waals surface area contributed by atoms with Gasteiger partial charge >= 0.3 is 0 Å². The molecule has 1 aromatic heterocycles. The van der Waals surface area contributed by atoms with E-state index in [1.807, 2.05) is 0 Å². The highest BCUT2D eigenvalue weighted by Gasteiger charge is 2.12. The minimum Gasteiger partial charge on any atom is -0.307 e. The van der Waals surface area contributed by atoms with Crippen LogP contribution in [0, 0.1) is 0 Å². The molecule has 0 fully saturated rings. The van der Waals surface area contributed by atoms with Crippen molar-refractivity contribution in [2.75, 3.05) is 5.32 Å². The van der Waals surface area contributed by atoms with Crippen LogP contribution in [0.3, 0.4) is 0 Å². The lowest BCUT2D eigenvalue weighted by Gasteiger charge is -2.04. The number of aromatic nitrogens is 2. The number of nitrogens with one attached hydrogen (secondary N) is 2. The molecule has 0 saturated heterocycles. The third-order valence-electron chi connectivity index (χ3n) is 3.40. The number of hydrogen-bond donors (Lipinski definition) is 3. The summed E-state index contributed by atoms with van der Waals surface area (Å²) < 4.78 is 32.2. The second-order valence-electron chi connectivity index (χ2n) is 5.13. The Morgan fingerprint density at radius 3 is 2.28 bits per heavy atom. The maximum atomic E-state index is 12.1. The van der Waals surface area contributed by atoms with Crippen molar-refractivity contribution in [2.45, 2.75) is 4.90 Å². The van der Waals surface area contributed by atoms with Crippen LogP contribution in [0.1, 0.15) is 10.4 Å². The van der Waals surface area contributed by atoms with E-state index in [9.17, 15) is 18.0 Å². The molecule has 2 aromatic carbocycles. The van der Waals surface area contributed by atoms with Crippen molar-refractivity contribution in [3.8, 4) is 5.69 Å². The minimum absolute atomic E-state index is 0.192. The Morgan fingerprint density at radius 1 is 1.04 bits per heavy atom. The van der Waals surface area contributed by atoms with Gasteiger partial charge in [-0.1, -0.05) is 18.2 Å². The highest BCUT2D eigenvalue weighted by Crippen LogP contribution is 2.13. The van der Waals surface area contributed by atoms with Gasteiger partial charge < -0.3 is 5.32 Å². The van der Waals surface area contributed by atoms with Crippen LogP contribution in [0.2, 0.25) is 0 Å². The lowest BCUT2D eigenvalue weighted by molar-refractivity contribution is 0.102. The fourth-order valence-corrected chi connectivity index (χ4v) is 2.68. The zero-order chi connectivity index (χ0) is 18.0. The number of nitrogens with zero attached hydrogens (tertiary/aromatic N) is 1. The van der Waals surface area contributed by atoms with Crippen molar-refractivity contribution in [2.24, 2.45) is 0 Å². The molecule has 0 aliphatic heterocycles. The van der Waals surface area contributed by atoms with E-state index in [-0.39, 0.29) is 16.6 Å². The fraction of sp³-hybridized carbons (Fsp3) is 0. The van der Waals surface area contributed by atoms with Crippen molar-refractivity contribution in [1.82, 2.24) is 9.78 Å². The van der Waals surface area contributed by atoms with Crippen LogP contribution in [0.15, 0.2) is 70.4 Å². The predicted octanol–water partition coefficient (Wildman–Crippen LogP) is 1.66. The first-order valence-electron chi connectivity index (χ1n) is 7.11. The summed E-state index contributed by atoms with van der Waals surface area (Å²) in [5, 5.41) is 5.29. The summed E-state index contributed by atoms with van der Waals surface area (Å²) in [4.78, 5) is 23.9. The van der Waals surface area contributed by atoms with Crippen LogP contribution in [-0.4, -0.2) is 28.7 Å². The van der Waals surface area contributed by atoms with E-state index in [2.05, 4.69) is 10.4 Å². The van der Waals surface area contributed by atoms with Crippen molar-refractivity contribution in [1.29, 1.82) is 0 Å². The van der Waals surface area contributed by atoms with E-state index in [1.54, 1.807) is 30.3 Å². The number of amides is 1. The van der Waals surface area contributed by atoms with Crippen molar-refractivity contribution < 1.29 is 17.8 Å².